The Morgan fingerprint density at radius 1 is 1.09 bits per heavy atom. The first kappa shape index (κ1) is 16.9. The minimum absolute atomic E-state index is 0.00659. The molecule has 1 aliphatic rings. The van der Waals surface area contributed by atoms with Gasteiger partial charge in [-0.25, -0.2) is 0 Å². The monoisotopic (exact) mass is 345 g/mol. The molecule has 1 heterocycles. The lowest BCUT2D eigenvalue weighted by molar-refractivity contribution is -0.268. The molecule has 1 aromatic carbocycles. The van der Waals surface area contributed by atoms with Crippen molar-refractivity contribution < 1.29 is 31.1 Å². The van der Waals surface area contributed by atoms with Gasteiger partial charge in [0.1, 0.15) is 0 Å². The normalized spacial score (nSPS) is 16.4. The molecule has 2 nitrogen and oxygen atoms in total. The fraction of sp³-hybridized carbons (Fsp3) is 0.462. The fourth-order valence-electron chi connectivity index (χ4n) is 2.23. The van der Waals surface area contributed by atoms with Gasteiger partial charge < -0.3 is 4.90 Å². The van der Waals surface area contributed by atoms with Gasteiger partial charge in [-0.15, -0.1) is 0 Å². The average Bonchev–Trinajstić information content (AvgIpc) is 2.44. The summed E-state index contributed by atoms with van der Waals surface area (Å²) in [6.45, 7) is -0.268. The Labute approximate surface area is 126 Å². The molecule has 0 saturated heterocycles. The first-order valence-corrected chi connectivity index (χ1v) is 6.60. The number of hydrogen-bond acceptors (Lipinski definition) is 1. The number of rotatable bonds is 3. The number of amides is 1. The van der Waals surface area contributed by atoms with Crippen LogP contribution < -0.4 is 4.90 Å². The van der Waals surface area contributed by atoms with E-state index in [4.69, 9.17) is 0 Å². The largest absolute Gasteiger partial charge is 0.395 e. The van der Waals surface area contributed by atoms with E-state index in [1.165, 1.54) is 12.1 Å². The molecule has 22 heavy (non-hydrogen) atoms. The molecule has 0 N–H and O–H groups in total. The summed E-state index contributed by atoms with van der Waals surface area (Å²) >= 11 is 4.06. The summed E-state index contributed by atoms with van der Waals surface area (Å²) in [6.07, 6.45) is 0.718. The van der Waals surface area contributed by atoms with Crippen molar-refractivity contribution in [3.05, 3.63) is 29.8 Å². The second kappa shape index (κ2) is 5.33. The fourth-order valence-corrected chi connectivity index (χ4v) is 2.35. The second-order valence-electron chi connectivity index (χ2n) is 4.84. The Bertz CT molecular complexity index is 586. The average molecular weight is 346 g/mol. The van der Waals surface area contributed by atoms with Crippen LogP contribution in [-0.4, -0.2) is 29.7 Å². The van der Waals surface area contributed by atoms with Gasteiger partial charge in [-0.1, -0.05) is 18.2 Å². The zero-order chi connectivity index (χ0) is 16.8. The van der Waals surface area contributed by atoms with Gasteiger partial charge in [-0.05, 0) is 36.1 Å². The highest BCUT2D eigenvalue weighted by molar-refractivity contribution is 6.22. The van der Waals surface area contributed by atoms with Crippen molar-refractivity contribution in [2.24, 2.45) is 0 Å². The highest BCUT2D eigenvalue weighted by Gasteiger charge is 2.75. The standard InChI is InChI=1S/C13H10ClF6NO/c14-13(19,20)12(17,18)11(15,16)10(22)21-7-3-5-8-4-1-2-6-9(8)21/h1-2,4,6H,3,5,7H2. The number of fused-ring (bicyclic) bond motifs is 1. The van der Waals surface area contributed by atoms with E-state index < -0.39 is 23.1 Å². The molecule has 0 atom stereocenters. The number of anilines is 1. The highest BCUT2D eigenvalue weighted by atomic mass is 35.5. The van der Waals surface area contributed by atoms with Crippen LogP contribution in [0.1, 0.15) is 12.0 Å². The van der Waals surface area contributed by atoms with Crippen LogP contribution in [0.4, 0.5) is 32.0 Å². The van der Waals surface area contributed by atoms with E-state index in [-0.39, 0.29) is 18.7 Å². The minimum atomic E-state index is -6.01. The van der Waals surface area contributed by atoms with Crippen molar-refractivity contribution in [3.63, 3.8) is 0 Å². The highest BCUT2D eigenvalue weighted by Crippen LogP contribution is 2.49. The summed E-state index contributed by atoms with van der Waals surface area (Å²) in [5.41, 5.74) is 0.506. The molecule has 0 unspecified atom stereocenters. The maximum Gasteiger partial charge on any atom is 0.395 e. The van der Waals surface area contributed by atoms with Crippen LogP contribution in [0.3, 0.4) is 0 Å². The van der Waals surface area contributed by atoms with Crippen molar-refractivity contribution in [2.75, 3.05) is 11.4 Å². The van der Waals surface area contributed by atoms with Crippen molar-refractivity contribution >= 4 is 23.2 Å². The number of carbonyl (C=O) groups is 1. The van der Waals surface area contributed by atoms with Gasteiger partial charge in [0.05, 0.1) is 0 Å². The molecule has 2 rings (SSSR count). The van der Waals surface area contributed by atoms with Gasteiger partial charge in [0.2, 0.25) is 0 Å². The number of hydrogen-bond donors (Lipinski definition) is 0. The molecule has 1 amide bonds. The quantitative estimate of drug-likeness (QED) is 0.597. The van der Waals surface area contributed by atoms with Gasteiger partial charge >= 0.3 is 23.1 Å². The van der Waals surface area contributed by atoms with E-state index >= 15 is 0 Å². The maximum atomic E-state index is 13.7. The van der Waals surface area contributed by atoms with Gasteiger partial charge in [0.25, 0.3) is 0 Å². The summed E-state index contributed by atoms with van der Waals surface area (Å²) < 4.78 is 78.9. The Morgan fingerprint density at radius 3 is 2.27 bits per heavy atom. The Hall–Kier alpha value is -1.44. The smallest absolute Gasteiger partial charge is 0.307 e. The number of aryl methyl sites for hydroxylation is 1. The number of halogens is 7. The Kier molecular flexibility index (Phi) is 4.10. The molecular weight excluding hydrogens is 336 g/mol. The van der Waals surface area contributed by atoms with Crippen molar-refractivity contribution in [1.29, 1.82) is 0 Å². The first-order chi connectivity index (χ1) is 10.00. The molecule has 0 spiro atoms. The number of carbonyl (C=O) groups excluding carboxylic acids is 1. The van der Waals surface area contributed by atoms with E-state index in [2.05, 4.69) is 11.6 Å². The van der Waals surface area contributed by atoms with Gasteiger partial charge in [-0.2, -0.15) is 26.3 Å². The van der Waals surface area contributed by atoms with Crippen LogP contribution in [-0.2, 0) is 11.2 Å². The zero-order valence-corrected chi connectivity index (χ0v) is 11.7. The van der Waals surface area contributed by atoms with Crippen LogP contribution in [0.25, 0.3) is 0 Å². The second-order valence-corrected chi connectivity index (χ2v) is 5.31. The number of para-hydroxylation sites is 1. The molecule has 0 saturated carbocycles. The molecule has 0 bridgehead atoms. The molecular formula is C13H10ClF6NO. The van der Waals surface area contributed by atoms with Crippen molar-refractivity contribution in [1.82, 2.24) is 0 Å². The van der Waals surface area contributed by atoms with Gasteiger partial charge in [0, 0.05) is 12.2 Å². The predicted octanol–water partition coefficient (Wildman–Crippen LogP) is 4.07. The van der Waals surface area contributed by atoms with E-state index in [1.807, 2.05) is 0 Å². The lowest BCUT2D eigenvalue weighted by Crippen LogP contribution is -2.60. The summed E-state index contributed by atoms with van der Waals surface area (Å²) in [4.78, 5) is 12.2. The number of alkyl halides is 7. The number of nitrogens with zero attached hydrogens (tertiary/aromatic N) is 1. The Morgan fingerprint density at radius 2 is 1.68 bits per heavy atom. The topological polar surface area (TPSA) is 20.3 Å². The van der Waals surface area contributed by atoms with Crippen molar-refractivity contribution in [3.8, 4) is 0 Å². The summed E-state index contributed by atoms with van der Waals surface area (Å²) in [5, 5.41) is -5.55. The third-order valence-corrected chi connectivity index (χ3v) is 3.61. The third kappa shape index (κ3) is 2.53. The van der Waals surface area contributed by atoms with Crippen LogP contribution in [0, 0.1) is 0 Å². The molecule has 1 aliphatic heterocycles. The molecule has 0 aromatic heterocycles. The van der Waals surface area contributed by atoms with Crippen molar-refractivity contribution in [2.45, 2.75) is 30.1 Å². The first-order valence-electron chi connectivity index (χ1n) is 6.22. The van der Waals surface area contributed by atoms with E-state index in [9.17, 15) is 31.1 Å². The maximum absolute atomic E-state index is 13.7. The molecule has 0 radical (unpaired) electrons. The van der Waals surface area contributed by atoms with E-state index in [0.717, 1.165) is 0 Å². The zero-order valence-electron chi connectivity index (χ0n) is 10.9. The SMILES string of the molecule is O=C(N1CCCc2ccccc21)C(F)(F)C(F)(F)C(F)(F)Cl. The van der Waals surface area contributed by atoms with Gasteiger partial charge in [-0.3, -0.25) is 4.79 Å². The third-order valence-electron chi connectivity index (χ3n) is 3.37. The summed E-state index contributed by atoms with van der Waals surface area (Å²) in [6, 6.07) is 5.85. The van der Waals surface area contributed by atoms with Gasteiger partial charge in [0.15, 0.2) is 0 Å². The molecule has 122 valence electrons. The lowest BCUT2D eigenvalue weighted by atomic mass is 10.00. The molecule has 9 heteroatoms. The Balaban J connectivity index is 2.41. The molecule has 0 aliphatic carbocycles. The van der Waals surface area contributed by atoms with Crippen LogP contribution in [0.2, 0.25) is 0 Å². The van der Waals surface area contributed by atoms with Crippen LogP contribution in [0.5, 0.6) is 0 Å². The van der Waals surface area contributed by atoms with Crippen LogP contribution in [0.15, 0.2) is 24.3 Å². The predicted molar refractivity (Wildman–Crippen MR) is 67.8 cm³/mol. The summed E-state index contributed by atoms with van der Waals surface area (Å²) in [7, 11) is 0. The number of benzene rings is 1. The van der Waals surface area contributed by atoms with E-state index in [1.54, 1.807) is 12.1 Å². The van der Waals surface area contributed by atoms with Crippen LogP contribution >= 0.6 is 11.6 Å². The van der Waals surface area contributed by atoms with E-state index in [0.29, 0.717) is 16.9 Å². The lowest BCUT2D eigenvalue weighted by Gasteiger charge is -2.35. The minimum Gasteiger partial charge on any atom is -0.307 e. The molecule has 1 aromatic rings. The molecule has 0 fully saturated rings. The summed E-state index contributed by atoms with van der Waals surface area (Å²) in [5.74, 6) is -14.0.